The molecule has 3 aromatic rings. The minimum Gasteiger partial charge on any atom is -0.337 e. The van der Waals surface area contributed by atoms with Crippen LogP contribution in [0.2, 0.25) is 0 Å². The van der Waals surface area contributed by atoms with Crippen LogP contribution in [-0.2, 0) is 12.6 Å². The van der Waals surface area contributed by atoms with E-state index in [0.717, 1.165) is 29.9 Å². The Labute approximate surface area is 166 Å². The van der Waals surface area contributed by atoms with Crippen LogP contribution in [0.25, 0.3) is 0 Å². The highest BCUT2D eigenvalue weighted by atomic mass is 19.4. The Balaban J connectivity index is 1.59. The Morgan fingerprint density at radius 3 is 2.69 bits per heavy atom. The lowest BCUT2D eigenvalue weighted by Crippen LogP contribution is -2.24. The fourth-order valence-corrected chi connectivity index (χ4v) is 3.62. The Morgan fingerprint density at radius 2 is 1.90 bits per heavy atom. The summed E-state index contributed by atoms with van der Waals surface area (Å²) >= 11 is 0. The number of carbonyl (C=O) groups is 1. The number of para-hydroxylation sites is 1. The number of nitrogens with zero attached hydrogens (tertiary/aromatic N) is 2. The number of carbonyl (C=O) groups excluding carboxylic acids is 1. The summed E-state index contributed by atoms with van der Waals surface area (Å²) in [5.41, 5.74) is 2.59. The Bertz CT molecular complexity index is 1060. The standard InChI is InChI=1S/C22H18F3N3O/c1-14-9-15-5-2-3-8-20(15)28(14)19-10-16(12-26-13-19)21(29)27-18-7-4-6-17(11-18)22(23,24)25/h2-8,10-14H,9H2,1H3,(H,27,29). The van der Waals surface area contributed by atoms with Gasteiger partial charge in [-0.15, -0.1) is 0 Å². The number of rotatable bonds is 3. The van der Waals surface area contributed by atoms with E-state index in [4.69, 9.17) is 0 Å². The predicted octanol–water partition coefficient (Wildman–Crippen LogP) is 5.44. The third kappa shape index (κ3) is 3.81. The number of hydrogen-bond donors (Lipinski definition) is 1. The van der Waals surface area contributed by atoms with Gasteiger partial charge in [0.15, 0.2) is 0 Å². The van der Waals surface area contributed by atoms with Crippen LogP contribution < -0.4 is 10.2 Å². The number of aromatic nitrogens is 1. The molecule has 0 radical (unpaired) electrons. The van der Waals surface area contributed by atoms with Crippen molar-refractivity contribution in [2.45, 2.75) is 25.6 Å². The van der Waals surface area contributed by atoms with Crippen molar-refractivity contribution in [2.75, 3.05) is 10.2 Å². The Hall–Kier alpha value is -3.35. The van der Waals surface area contributed by atoms with Gasteiger partial charge in [0.1, 0.15) is 0 Å². The summed E-state index contributed by atoms with van der Waals surface area (Å²) < 4.78 is 38.7. The van der Waals surface area contributed by atoms with E-state index in [1.807, 2.05) is 18.2 Å². The molecule has 7 heteroatoms. The zero-order valence-corrected chi connectivity index (χ0v) is 15.6. The molecule has 0 saturated heterocycles. The number of benzene rings is 2. The molecule has 1 N–H and O–H groups in total. The van der Waals surface area contributed by atoms with Crippen molar-refractivity contribution in [1.82, 2.24) is 4.98 Å². The van der Waals surface area contributed by atoms with E-state index in [1.165, 1.54) is 23.9 Å². The Morgan fingerprint density at radius 1 is 1.10 bits per heavy atom. The average molecular weight is 397 g/mol. The van der Waals surface area contributed by atoms with Gasteiger partial charge in [-0.05, 0) is 49.2 Å². The fourth-order valence-electron chi connectivity index (χ4n) is 3.62. The van der Waals surface area contributed by atoms with Crippen LogP contribution in [0.4, 0.5) is 30.2 Å². The number of amides is 1. The molecule has 29 heavy (non-hydrogen) atoms. The summed E-state index contributed by atoms with van der Waals surface area (Å²) in [6.07, 6.45) is -0.503. The lowest BCUT2D eigenvalue weighted by atomic mass is 10.1. The van der Waals surface area contributed by atoms with Gasteiger partial charge in [0, 0.05) is 23.6 Å². The summed E-state index contributed by atoms with van der Waals surface area (Å²) in [7, 11) is 0. The first-order valence-corrected chi connectivity index (χ1v) is 9.14. The smallest absolute Gasteiger partial charge is 0.337 e. The number of pyridine rings is 1. The molecule has 4 rings (SSSR count). The van der Waals surface area contributed by atoms with Gasteiger partial charge in [0.2, 0.25) is 0 Å². The highest BCUT2D eigenvalue weighted by Gasteiger charge is 2.31. The summed E-state index contributed by atoms with van der Waals surface area (Å²) in [6, 6.07) is 14.5. The van der Waals surface area contributed by atoms with Gasteiger partial charge < -0.3 is 10.2 Å². The third-order valence-electron chi connectivity index (χ3n) is 4.92. The average Bonchev–Trinajstić information content (AvgIpc) is 3.03. The topological polar surface area (TPSA) is 45.2 Å². The number of halogens is 3. The Kier molecular flexibility index (Phi) is 4.74. The molecule has 0 fully saturated rings. The van der Waals surface area contributed by atoms with Crippen LogP contribution in [0.15, 0.2) is 67.0 Å². The lowest BCUT2D eigenvalue weighted by Gasteiger charge is -2.25. The van der Waals surface area contributed by atoms with E-state index in [1.54, 1.807) is 12.3 Å². The van der Waals surface area contributed by atoms with Crippen LogP contribution in [0.5, 0.6) is 0 Å². The monoisotopic (exact) mass is 397 g/mol. The van der Waals surface area contributed by atoms with Crippen molar-refractivity contribution in [3.05, 3.63) is 83.7 Å². The molecular formula is C22H18F3N3O. The molecule has 1 aliphatic heterocycles. The second-order valence-corrected chi connectivity index (χ2v) is 7.02. The number of alkyl halides is 3. The van der Waals surface area contributed by atoms with Gasteiger partial charge >= 0.3 is 6.18 Å². The van der Waals surface area contributed by atoms with Crippen LogP contribution >= 0.6 is 0 Å². The maximum atomic E-state index is 12.9. The van der Waals surface area contributed by atoms with E-state index >= 15 is 0 Å². The maximum Gasteiger partial charge on any atom is 0.416 e. The fraction of sp³-hybridized carbons (Fsp3) is 0.182. The van der Waals surface area contributed by atoms with Crippen molar-refractivity contribution in [2.24, 2.45) is 0 Å². The van der Waals surface area contributed by atoms with E-state index < -0.39 is 17.6 Å². The first-order chi connectivity index (χ1) is 13.8. The molecule has 2 heterocycles. The van der Waals surface area contributed by atoms with Gasteiger partial charge in [-0.1, -0.05) is 24.3 Å². The third-order valence-corrected chi connectivity index (χ3v) is 4.92. The second-order valence-electron chi connectivity index (χ2n) is 7.02. The molecule has 1 atom stereocenters. The molecule has 1 amide bonds. The quantitative estimate of drug-likeness (QED) is 0.641. The molecule has 0 spiro atoms. The van der Waals surface area contributed by atoms with E-state index in [0.29, 0.717) is 0 Å². The largest absolute Gasteiger partial charge is 0.416 e. The SMILES string of the molecule is CC1Cc2ccccc2N1c1cncc(C(=O)Nc2cccc(C(F)(F)F)c2)c1. The highest BCUT2D eigenvalue weighted by Crippen LogP contribution is 2.38. The summed E-state index contributed by atoms with van der Waals surface area (Å²) in [5.74, 6) is -0.515. The van der Waals surface area contributed by atoms with E-state index in [2.05, 4.69) is 28.2 Å². The number of hydrogen-bond acceptors (Lipinski definition) is 3. The van der Waals surface area contributed by atoms with Gasteiger partial charge in [-0.3, -0.25) is 9.78 Å². The van der Waals surface area contributed by atoms with Crippen LogP contribution in [0.1, 0.15) is 28.4 Å². The van der Waals surface area contributed by atoms with Gasteiger partial charge in [-0.25, -0.2) is 0 Å². The summed E-state index contributed by atoms with van der Waals surface area (Å²) in [4.78, 5) is 18.9. The van der Waals surface area contributed by atoms with Crippen molar-refractivity contribution in [3.63, 3.8) is 0 Å². The van der Waals surface area contributed by atoms with Crippen molar-refractivity contribution >= 4 is 23.0 Å². The second kappa shape index (κ2) is 7.24. The van der Waals surface area contributed by atoms with Crippen molar-refractivity contribution < 1.29 is 18.0 Å². The van der Waals surface area contributed by atoms with Gasteiger partial charge in [0.05, 0.1) is 23.0 Å². The summed E-state index contributed by atoms with van der Waals surface area (Å²) in [5, 5.41) is 2.52. The van der Waals surface area contributed by atoms with Crippen molar-refractivity contribution in [3.8, 4) is 0 Å². The molecule has 4 nitrogen and oxygen atoms in total. The maximum absolute atomic E-state index is 12.9. The first-order valence-electron chi connectivity index (χ1n) is 9.14. The molecule has 2 aromatic carbocycles. The first kappa shape index (κ1) is 19.0. The molecule has 1 unspecified atom stereocenters. The number of anilines is 3. The molecule has 0 aliphatic carbocycles. The zero-order valence-electron chi connectivity index (χ0n) is 15.6. The molecule has 0 saturated carbocycles. The van der Waals surface area contributed by atoms with Crippen LogP contribution in [0, 0.1) is 0 Å². The number of nitrogens with one attached hydrogen (secondary N) is 1. The number of fused-ring (bicyclic) bond motifs is 1. The predicted molar refractivity (Wildman–Crippen MR) is 105 cm³/mol. The summed E-state index contributed by atoms with van der Waals surface area (Å²) in [6.45, 7) is 2.09. The normalized spacial score (nSPS) is 15.9. The van der Waals surface area contributed by atoms with Gasteiger partial charge in [-0.2, -0.15) is 13.2 Å². The molecule has 1 aliphatic rings. The lowest BCUT2D eigenvalue weighted by molar-refractivity contribution is -0.137. The van der Waals surface area contributed by atoms with E-state index in [-0.39, 0.29) is 17.3 Å². The molecular weight excluding hydrogens is 379 g/mol. The molecule has 148 valence electrons. The zero-order chi connectivity index (χ0) is 20.6. The minimum atomic E-state index is -4.47. The molecule has 1 aromatic heterocycles. The van der Waals surface area contributed by atoms with Crippen LogP contribution in [-0.4, -0.2) is 16.9 Å². The van der Waals surface area contributed by atoms with E-state index in [9.17, 15) is 18.0 Å². The van der Waals surface area contributed by atoms with Gasteiger partial charge in [0.25, 0.3) is 5.91 Å². The highest BCUT2D eigenvalue weighted by molar-refractivity contribution is 6.04. The van der Waals surface area contributed by atoms with Crippen LogP contribution in [0.3, 0.4) is 0 Å². The van der Waals surface area contributed by atoms with Crippen molar-refractivity contribution in [1.29, 1.82) is 0 Å². The minimum absolute atomic E-state index is 0.0788. The molecule has 0 bridgehead atoms.